The Kier molecular flexibility index (Phi) is 2.94. The molecule has 0 spiro atoms. The van der Waals surface area contributed by atoms with Crippen LogP contribution < -0.4 is 0 Å². The van der Waals surface area contributed by atoms with Gasteiger partial charge in [0.2, 0.25) is 0 Å². The fourth-order valence-electron chi connectivity index (χ4n) is 2.68. The van der Waals surface area contributed by atoms with Crippen LogP contribution in [0.4, 0.5) is 0 Å². The SMILES string of the molecule is CCC1(CC)CCCC1CO. The molecule has 11 heavy (non-hydrogen) atoms. The molecule has 0 bridgehead atoms. The van der Waals surface area contributed by atoms with Crippen LogP contribution in [-0.4, -0.2) is 11.7 Å². The summed E-state index contributed by atoms with van der Waals surface area (Å²) in [6.07, 6.45) is 6.40. The normalized spacial score (nSPS) is 29.2. The summed E-state index contributed by atoms with van der Waals surface area (Å²) in [4.78, 5) is 0. The summed E-state index contributed by atoms with van der Waals surface area (Å²) < 4.78 is 0. The maximum absolute atomic E-state index is 9.16. The van der Waals surface area contributed by atoms with Crippen LogP contribution in [0, 0.1) is 11.3 Å². The predicted molar refractivity (Wildman–Crippen MR) is 47.4 cm³/mol. The average Bonchev–Trinajstić information content (AvgIpc) is 2.47. The van der Waals surface area contributed by atoms with E-state index in [1.165, 1.54) is 32.1 Å². The highest BCUT2D eigenvalue weighted by Crippen LogP contribution is 2.47. The summed E-state index contributed by atoms with van der Waals surface area (Å²) in [5.41, 5.74) is 0.495. The number of hydrogen-bond donors (Lipinski definition) is 1. The Balaban J connectivity index is 2.63. The van der Waals surface area contributed by atoms with E-state index in [-0.39, 0.29) is 0 Å². The number of hydrogen-bond acceptors (Lipinski definition) is 1. The molecule has 1 nitrogen and oxygen atoms in total. The smallest absolute Gasteiger partial charge is 0.0464 e. The van der Waals surface area contributed by atoms with Crippen LogP contribution in [-0.2, 0) is 0 Å². The van der Waals surface area contributed by atoms with Gasteiger partial charge in [-0.05, 0) is 24.2 Å². The zero-order chi connectivity index (χ0) is 8.32. The standard InChI is InChI=1S/C10H20O/c1-3-10(4-2)7-5-6-9(10)8-11/h9,11H,3-8H2,1-2H3. The Bertz CT molecular complexity index is 116. The largest absolute Gasteiger partial charge is 0.396 e. The minimum absolute atomic E-state index is 0.404. The van der Waals surface area contributed by atoms with E-state index in [2.05, 4.69) is 13.8 Å². The molecule has 1 fully saturated rings. The maximum Gasteiger partial charge on any atom is 0.0464 e. The first-order valence-electron chi connectivity index (χ1n) is 4.90. The molecule has 0 heterocycles. The molecule has 1 aliphatic carbocycles. The lowest BCUT2D eigenvalue weighted by molar-refractivity contribution is 0.107. The first-order valence-corrected chi connectivity index (χ1v) is 4.90. The highest BCUT2D eigenvalue weighted by molar-refractivity contribution is 4.89. The zero-order valence-corrected chi connectivity index (χ0v) is 7.77. The van der Waals surface area contributed by atoms with Crippen LogP contribution in [0.1, 0.15) is 46.0 Å². The van der Waals surface area contributed by atoms with E-state index < -0.39 is 0 Å². The van der Waals surface area contributed by atoms with Crippen molar-refractivity contribution >= 4 is 0 Å². The second-order valence-corrected chi connectivity index (χ2v) is 3.84. The van der Waals surface area contributed by atoms with Crippen molar-refractivity contribution in [1.29, 1.82) is 0 Å². The maximum atomic E-state index is 9.16. The molecular formula is C10H20O. The third-order valence-electron chi connectivity index (χ3n) is 3.72. The minimum atomic E-state index is 0.404. The Morgan fingerprint density at radius 3 is 2.36 bits per heavy atom. The van der Waals surface area contributed by atoms with E-state index in [1.807, 2.05) is 0 Å². The molecule has 1 atom stereocenters. The first kappa shape index (κ1) is 9.05. The van der Waals surface area contributed by atoms with E-state index in [0.717, 1.165) is 0 Å². The van der Waals surface area contributed by atoms with Crippen molar-refractivity contribution in [2.45, 2.75) is 46.0 Å². The summed E-state index contributed by atoms with van der Waals surface area (Å²) in [5.74, 6) is 0.595. The van der Waals surface area contributed by atoms with E-state index in [4.69, 9.17) is 5.11 Å². The lowest BCUT2D eigenvalue weighted by atomic mass is 9.74. The van der Waals surface area contributed by atoms with Crippen molar-refractivity contribution in [2.75, 3.05) is 6.61 Å². The van der Waals surface area contributed by atoms with E-state index in [0.29, 0.717) is 17.9 Å². The monoisotopic (exact) mass is 156 g/mol. The molecule has 1 unspecified atom stereocenters. The summed E-state index contributed by atoms with van der Waals surface area (Å²) in [6, 6.07) is 0. The van der Waals surface area contributed by atoms with Gasteiger partial charge in [0.1, 0.15) is 0 Å². The predicted octanol–water partition coefficient (Wildman–Crippen LogP) is 2.59. The fraction of sp³-hybridized carbons (Fsp3) is 1.00. The highest BCUT2D eigenvalue weighted by atomic mass is 16.3. The van der Waals surface area contributed by atoms with Crippen molar-refractivity contribution < 1.29 is 5.11 Å². The molecule has 0 aromatic heterocycles. The van der Waals surface area contributed by atoms with Crippen LogP contribution in [0.2, 0.25) is 0 Å². The van der Waals surface area contributed by atoms with Crippen molar-refractivity contribution in [1.82, 2.24) is 0 Å². The average molecular weight is 156 g/mol. The van der Waals surface area contributed by atoms with Crippen LogP contribution in [0.25, 0.3) is 0 Å². The molecule has 0 aromatic carbocycles. The van der Waals surface area contributed by atoms with Gasteiger partial charge in [-0.2, -0.15) is 0 Å². The van der Waals surface area contributed by atoms with E-state index in [9.17, 15) is 0 Å². The van der Waals surface area contributed by atoms with Crippen molar-refractivity contribution in [2.24, 2.45) is 11.3 Å². The summed E-state index contributed by atoms with van der Waals surface area (Å²) >= 11 is 0. The molecule has 1 N–H and O–H groups in total. The molecule has 1 heteroatoms. The van der Waals surface area contributed by atoms with Gasteiger partial charge in [0.05, 0.1) is 0 Å². The quantitative estimate of drug-likeness (QED) is 0.666. The van der Waals surface area contributed by atoms with Gasteiger partial charge in [0.15, 0.2) is 0 Å². The van der Waals surface area contributed by atoms with Gasteiger partial charge < -0.3 is 5.11 Å². The van der Waals surface area contributed by atoms with E-state index >= 15 is 0 Å². The molecule has 0 amide bonds. The number of aliphatic hydroxyl groups excluding tert-OH is 1. The molecule has 1 aliphatic rings. The van der Waals surface area contributed by atoms with Gasteiger partial charge >= 0.3 is 0 Å². The van der Waals surface area contributed by atoms with Gasteiger partial charge in [-0.3, -0.25) is 0 Å². The molecule has 0 radical (unpaired) electrons. The van der Waals surface area contributed by atoms with Gasteiger partial charge in [-0.1, -0.05) is 33.1 Å². The van der Waals surface area contributed by atoms with Gasteiger partial charge in [0, 0.05) is 6.61 Å². The van der Waals surface area contributed by atoms with Crippen LogP contribution in [0.3, 0.4) is 0 Å². The summed E-state index contributed by atoms with van der Waals surface area (Å²) in [5, 5.41) is 9.16. The van der Waals surface area contributed by atoms with Gasteiger partial charge in [-0.15, -0.1) is 0 Å². The molecule has 1 rings (SSSR count). The number of rotatable bonds is 3. The zero-order valence-electron chi connectivity index (χ0n) is 7.77. The Hall–Kier alpha value is -0.0400. The lowest BCUT2D eigenvalue weighted by Gasteiger charge is -2.32. The minimum Gasteiger partial charge on any atom is -0.396 e. The fourth-order valence-corrected chi connectivity index (χ4v) is 2.68. The Morgan fingerprint density at radius 2 is 2.00 bits per heavy atom. The Morgan fingerprint density at radius 1 is 1.36 bits per heavy atom. The van der Waals surface area contributed by atoms with Crippen molar-refractivity contribution in [3.8, 4) is 0 Å². The molecule has 0 aliphatic heterocycles. The second kappa shape index (κ2) is 3.57. The molecule has 0 aromatic rings. The van der Waals surface area contributed by atoms with Crippen LogP contribution in [0.15, 0.2) is 0 Å². The van der Waals surface area contributed by atoms with Gasteiger partial charge in [0.25, 0.3) is 0 Å². The second-order valence-electron chi connectivity index (χ2n) is 3.84. The molecule has 0 saturated heterocycles. The highest BCUT2D eigenvalue weighted by Gasteiger charge is 2.38. The third kappa shape index (κ3) is 1.44. The van der Waals surface area contributed by atoms with Crippen LogP contribution in [0.5, 0.6) is 0 Å². The summed E-state index contributed by atoms with van der Waals surface area (Å²) in [7, 11) is 0. The van der Waals surface area contributed by atoms with E-state index in [1.54, 1.807) is 0 Å². The first-order chi connectivity index (χ1) is 5.29. The van der Waals surface area contributed by atoms with Crippen LogP contribution >= 0.6 is 0 Å². The van der Waals surface area contributed by atoms with Crippen molar-refractivity contribution in [3.63, 3.8) is 0 Å². The number of aliphatic hydroxyl groups is 1. The Labute approximate surface area is 69.8 Å². The topological polar surface area (TPSA) is 20.2 Å². The molecule has 66 valence electrons. The molecule has 1 saturated carbocycles. The van der Waals surface area contributed by atoms with Crippen molar-refractivity contribution in [3.05, 3.63) is 0 Å². The third-order valence-corrected chi connectivity index (χ3v) is 3.72. The lowest BCUT2D eigenvalue weighted by Crippen LogP contribution is -2.26. The summed E-state index contributed by atoms with van der Waals surface area (Å²) in [6.45, 7) is 4.93. The van der Waals surface area contributed by atoms with Gasteiger partial charge in [-0.25, -0.2) is 0 Å². The molecular weight excluding hydrogens is 136 g/mol.